The first-order chi connectivity index (χ1) is 6.68. The Morgan fingerprint density at radius 1 is 1.43 bits per heavy atom. The Morgan fingerprint density at radius 3 is 2.64 bits per heavy atom. The zero-order chi connectivity index (χ0) is 10.1. The van der Waals surface area contributed by atoms with Crippen molar-refractivity contribution in [3.8, 4) is 0 Å². The number of halogens is 2. The molecule has 1 aliphatic rings. The molecule has 1 fully saturated rings. The van der Waals surface area contributed by atoms with Crippen LogP contribution in [0.15, 0.2) is 18.2 Å². The van der Waals surface area contributed by atoms with E-state index in [0.29, 0.717) is 5.92 Å². The normalized spacial score (nSPS) is 19.1. The van der Waals surface area contributed by atoms with Crippen LogP contribution in [-0.4, -0.2) is 0 Å². The van der Waals surface area contributed by atoms with Gasteiger partial charge in [-0.1, -0.05) is 24.1 Å². The topological polar surface area (TPSA) is 26.0 Å². The summed E-state index contributed by atoms with van der Waals surface area (Å²) in [6.45, 7) is 0. The van der Waals surface area contributed by atoms with Crippen LogP contribution in [0.4, 0.5) is 4.39 Å². The van der Waals surface area contributed by atoms with Crippen LogP contribution >= 0.6 is 11.6 Å². The fourth-order valence-electron chi connectivity index (χ4n) is 1.79. The molecule has 0 heterocycles. The third-order valence-corrected chi connectivity index (χ3v) is 3.29. The van der Waals surface area contributed by atoms with Gasteiger partial charge in [0.05, 0.1) is 5.02 Å². The molecule has 2 rings (SSSR count). The van der Waals surface area contributed by atoms with Crippen LogP contribution in [0.2, 0.25) is 5.02 Å². The highest BCUT2D eigenvalue weighted by Gasteiger charge is 2.25. The standard InChI is InChI=1S/C11H13ClFN/c12-9-5-4-8(6-10(9)13)11(14)7-2-1-3-7/h4-7,11H,1-3,14H2/t11-/m0/s1. The highest BCUT2D eigenvalue weighted by Crippen LogP contribution is 2.36. The average molecular weight is 214 g/mol. The monoisotopic (exact) mass is 213 g/mol. The fourth-order valence-corrected chi connectivity index (χ4v) is 1.91. The summed E-state index contributed by atoms with van der Waals surface area (Å²) in [5, 5.41) is 0.162. The van der Waals surface area contributed by atoms with Crippen LogP contribution in [0, 0.1) is 11.7 Å². The van der Waals surface area contributed by atoms with E-state index in [4.69, 9.17) is 17.3 Å². The zero-order valence-electron chi connectivity index (χ0n) is 7.84. The lowest BCUT2D eigenvalue weighted by molar-refractivity contribution is 0.264. The van der Waals surface area contributed by atoms with E-state index in [0.717, 1.165) is 18.4 Å². The molecule has 1 aromatic carbocycles. The number of rotatable bonds is 2. The van der Waals surface area contributed by atoms with Gasteiger partial charge < -0.3 is 5.73 Å². The van der Waals surface area contributed by atoms with Gasteiger partial charge in [-0.15, -0.1) is 0 Å². The Kier molecular flexibility index (Phi) is 2.75. The first-order valence-corrected chi connectivity index (χ1v) is 5.27. The lowest BCUT2D eigenvalue weighted by atomic mass is 9.77. The molecule has 2 N–H and O–H groups in total. The van der Waals surface area contributed by atoms with Gasteiger partial charge in [-0.05, 0) is 36.5 Å². The molecule has 0 spiro atoms. The molecule has 0 aromatic heterocycles. The van der Waals surface area contributed by atoms with E-state index < -0.39 is 0 Å². The first-order valence-electron chi connectivity index (χ1n) is 4.89. The fraction of sp³-hybridized carbons (Fsp3) is 0.455. The lowest BCUT2D eigenvalue weighted by Gasteiger charge is -2.31. The molecule has 1 nitrogen and oxygen atoms in total. The second kappa shape index (κ2) is 3.87. The quantitative estimate of drug-likeness (QED) is 0.802. The minimum atomic E-state index is -0.376. The van der Waals surface area contributed by atoms with Crippen LogP contribution in [0.25, 0.3) is 0 Å². The van der Waals surface area contributed by atoms with Gasteiger partial charge in [0.15, 0.2) is 0 Å². The van der Waals surface area contributed by atoms with E-state index in [1.165, 1.54) is 12.5 Å². The van der Waals surface area contributed by atoms with Crippen molar-refractivity contribution in [1.82, 2.24) is 0 Å². The molecular weight excluding hydrogens is 201 g/mol. The van der Waals surface area contributed by atoms with Gasteiger partial charge in [0.1, 0.15) is 5.82 Å². The lowest BCUT2D eigenvalue weighted by Crippen LogP contribution is -2.26. The van der Waals surface area contributed by atoms with Gasteiger partial charge in [-0.25, -0.2) is 4.39 Å². The minimum absolute atomic E-state index is 0.0319. The van der Waals surface area contributed by atoms with E-state index >= 15 is 0 Å². The summed E-state index contributed by atoms with van der Waals surface area (Å²) in [4.78, 5) is 0. The largest absolute Gasteiger partial charge is 0.324 e. The van der Waals surface area contributed by atoms with E-state index in [1.807, 2.05) is 6.07 Å². The first kappa shape index (κ1) is 9.94. The summed E-state index contributed by atoms with van der Waals surface area (Å²) in [7, 11) is 0. The average Bonchev–Trinajstić information content (AvgIpc) is 2.06. The van der Waals surface area contributed by atoms with Crippen LogP contribution in [0.5, 0.6) is 0 Å². The highest BCUT2D eigenvalue weighted by atomic mass is 35.5. The predicted molar refractivity (Wildman–Crippen MR) is 55.7 cm³/mol. The van der Waals surface area contributed by atoms with Crippen LogP contribution in [0.3, 0.4) is 0 Å². The summed E-state index contributed by atoms with van der Waals surface area (Å²) in [5.74, 6) is 0.148. The maximum absolute atomic E-state index is 13.1. The molecular formula is C11H13ClFN. The van der Waals surface area contributed by atoms with Crippen LogP contribution in [-0.2, 0) is 0 Å². The highest BCUT2D eigenvalue weighted by molar-refractivity contribution is 6.30. The summed E-state index contributed by atoms with van der Waals surface area (Å²) in [6.07, 6.45) is 3.56. The van der Waals surface area contributed by atoms with E-state index in [1.54, 1.807) is 6.07 Å². The molecule has 0 amide bonds. The Labute approximate surface area is 88.1 Å². The summed E-state index contributed by atoms with van der Waals surface area (Å²) < 4.78 is 13.1. The molecule has 76 valence electrons. The number of nitrogens with two attached hydrogens (primary N) is 1. The van der Waals surface area contributed by atoms with Gasteiger partial charge in [-0.2, -0.15) is 0 Å². The molecule has 0 radical (unpaired) electrons. The Hall–Kier alpha value is -0.600. The van der Waals surface area contributed by atoms with Gasteiger partial charge in [0.2, 0.25) is 0 Å². The predicted octanol–water partition coefficient (Wildman–Crippen LogP) is 3.28. The van der Waals surface area contributed by atoms with Gasteiger partial charge in [0, 0.05) is 6.04 Å². The SMILES string of the molecule is N[C@H](c1ccc(Cl)c(F)c1)C1CCC1. The van der Waals surface area contributed by atoms with Crippen molar-refractivity contribution in [3.05, 3.63) is 34.6 Å². The van der Waals surface area contributed by atoms with Crippen molar-refractivity contribution in [2.75, 3.05) is 0 Å². The van der Waals surface area contributed by atoms with Crippen molar-refractivity contribution in [3.63, 3.8) is 0 Å². The Balaban J connectivity index is 2.18. The van der Waals surface area contributed by atoms with Crippen LogP contribution < -0.4 is 5.73 Å². The van der Waals surface area contributed by atoms with Crippen molar-refractivity contribution in [1.29, 1.82) is 0 Å². The summed E-state index contributed by atoms with van der Waals surface area (Å²) >= 11 is 5.60. The molecule has 0 bridgehead atoms. The maximum atomic E-state index is 13.1. The summed E-state index contributed by atoms with van der Waals surface area (Å²) in [5.41, 5.74) is 6.87. The van der Waals surface area contributed by atoms with Gasteiger partial charge in [0.25, 0.3) is 0 Å². The smallest absolute Gasteiger partial charge is 0.142 e. The summed E-state index contributed by atoms with van der Waals surface area (Å²) in [6, 6.07) is 4.81. The van der Waals surface area contributed by atoms with Crippen molar-refractivity contribution in [2.24, 2.45) is 11.7 Å². The van der Waals surface area contributed by atoms with E-state index in [2.05, 4.69) is 0 Å². The van der Waals surface area contributed by atoms with Crippen molar-refractivity contribution < 1.29 is 4.39 Å². The number of benzene rings is 1. The molecule has 0 aliphatic heterocycles. The molecule has 1 saturated carbocycles. The Bertz CT molecular complexity index is 336. The molecule has 1 aliphatic carbocycles. The molecule has 0 unspecified atom stereocenters. The molecule has 14 heavy (non-hydrogen) atoms. The third kappa shape index (κ3) is 1.77. The Morgan fingerprint density at radius 2 is 2.14 bits per heavy atom. The second-order valence-corrected chi connectivity index (χ2v) is 4.30. The second-order valence-electron chi connectivity index (χ2n) is 3.89. The molecule has 1 atom stereocenters. The van der Waals surface area contributed by atoms with E-state index in [-0.39, 0.29) is 16.9 Å². The number of hydrogen-bond acceptors (Lipinski definition) is 1. The maximum Gasteiger partial charge on any atom is 0.142 e. The van der Waals surface area contributed by atoms with Gasteiger partial charge >= 0.3 is 0 Å². The van der Waals surface area contributed by atoms with Crippen molar-refractivity contribution in [2.45, 2.75) is 25.3 Å². The van der Waals surface area contributed by atoms with Crippen LogP contribution in [0.1, 0.15) is 30.9 Å². The molecule has 0 saturated heterocycles. The van der Waals surface area contributed by atoms with E-state index in [9.17, 15) is 4.39 Å². The van der Waals surface area contributed by atoms with Crippen molar-refractivity contribution >= 4 is 11.6 Å². The third-order valence-electron chi connectivity index (χ3n) is 2.99. The molecule has 1 aromatic rings. The zero-order valence-corrected chi connectivity index (χ0v) is 8.60. The van der Waals surface area contributed by atoms with Gasteiger partial charge in [-0.3, -0.25) is 0 Å². The molecule has 3 heteroatoms. The minimum Gasteiger partial charge on any atom is -0.324 e. The number of hydrogen-bond donors (Lipinski definition) is 1.